The van der Waals surface area contributed by atoms with Gasteiger partial charge < -0.3 is 15.4 Å². The van der Waals surface area contributed by atoms with Crippen molar-refractivity contribution in [2.24, 2.45) is 0 Å². The van der Waals surface area contributed by atoms with Gasteiger partial charge in [-0.05, 0) is 44.5 Å². The summed E-state index contributed by atoms with van der Waals surface area (Å²) in [5, 5.41) is 7.71. The number of halogens is 1. The van der Waals surface area contributed by atoms with Crippen molar-refractivity contribution in [2.75, 3.05) is 13.2 Å². The van der Waals surface area contributed by atoms with E-state index >= 15 is 0 Å². The van der Waals surface area contributed by atoms with Gasteiger partial charge in [0.15, 0.2) is 6.61 Å². The largest absolute Gasteiger partial charge is 0.456 e. The first kappa shape index (κ1) is 21.4. The second-order valence-electron chi connectivity index (χ2n) is 5.70. The van der Waals surface area contributed by atoms with Gasteiger partial charge in [0.2, 0.25) is 0 Å². The summed E-state index contributed by atoms with van der Waals surface area (Å²) >= 11 is 5.75. The average Bonchev–Trinajstić information content (AvgIpc) is 2.56. The predicted molar refractivity (Wildman–Crippen MR) is 95.8 cm³/mol. The summed E-state index contributed by atoms with van der Waals surface area (Å²) in [6, 6.07) is 5.65. The lowest BCUT2D eigenvalue weighted by atomic mass is 10.2. The molecule has 0 aliphatic carbocycles. The van der Waals surface area contributed by atoms with Gasteiger partial charge in [0.1, 0.15) is 0 Å². The lowest BCUT2D eigenvalue weighted by Gasteiger charge is -2.09. The van der Waals surface area contributed by atoms with Crippen molar-refractivity contribution in [3.05, 3.63) is 34.9 Å². The molecule has 0 spiro atoms. The number of carbonyl (C=O) groups excluding carboxylic acids is 4. The first-order valence-corrected chi connectivity index (χ1v) is 8.45. The summed E-state index contributed by atoms with van der Waals surface area (Å²) in [6.45, 7) is 3.23. The number of ether oxygens (including phenoxy) is 1. The molecule has 0 radical (unpaired) electrons. The fourth-order valence-corrected chi connectivity index (χ4v) is 1.94. The Morgan fingerprint density at radius 1 is 1.12 bits per heavy atom. The Balaban J connectivity index is 2.16. The third kappa shape index (κ3) is 9.03. The van der Waals surface area contributed by atoms with Crippen LogP contribution in [-0.2, 0) is 14.3 Å². The molecule has 0 bridgehead atoms. The number of esters is 1. The monoisotopic (exact) mass is 383 g/mol. The summed E-state index contributed by atoms with van der Waals surface area (Å²) in [4.78, 5) is 46.1. The van der Waals surface area contributed by atoms with Gasteiger partial charge in [0, 0.05) is 29.6 Å². The third-order valence-electron chi connectivity index (χ3n) is 2.99. The highest BCUT2D eigenvalue weighted by atomic mass is 35.5. The number of rotatable bonds is 8. The summed E-state index contributed by atoms with van der Waals surface area (Å²) in [5.74, 6) is -1.58. The minimum Gasteiger partial charge on any atom is -0.456 e. The maximum absolute atomic E-state index is 11.8. The molecule has 1 aromatic carbocycles. The average molecular weight is 384 g/mol. The number of carbonyl (C=O) groups is 4. The van der Waals surface area contributed by atoms with Gasteiger partial charge in [-0.2, -0.15) is 0 Å². The first-order valence-electron chi connectivity index (χ1n) is 8.07. The molecule has 0 saturated carbocycles. The van der Waals surface area contributed by atoms with Crippen LogP contribution in [0.5, 0.6) is 0 Å². The molecule has 1 aromatic rings. The SMILES string of the molecule is CC(C)NC(=O)NC(=O)COC(=O)CCCNC(=O)c1ccc(Cl)cc1. The van der Waals surface area contributed by atoms with Crippen LogP contribution in [0.2, 0.25) is 5.02 Å². The molecule has 0 heterocycles. The summed E-state index contributed by atoms with van der Waals surface area (Å²) in [7, 11) is 0. The fraction of sp³-hybridized carbons (Fsp3) is 0.412. The Morgan fingerprint density at radius 2 is 1.77 bits per heavy atom. The van der Waals surface area contributed by atoms with Crippen molar-refractivity contribution in [1.29, 1.82) is 0 Å². The summed E-state index contributed by atoms with van der Waals surface area (Å²) < 4.78 is 4.76. The van der Waals surface area contributed by atoms with Crippen molar-refractivity contribution in [3.63, 3.8) is 0 Å². The van der Waals surface area contributed by atoms with Gasteiger partial charge in [0.05, 0.1) is 0 Å². The molecule has 0 unspecified atom stereocenters. The second kappa shape index (κ2) is 11.1. The molecule has 0 fully saturated rings. The van der Waals surface area contributed by atoms with Gasteiger partial charge in [-0.15, -0.1) is 0 Å². The topological polar surface area (TPSA) is 114 Å². The minimum atomic E-state index is -0.715. The fourth-order valence-electron chi connectivity index (χ4n) is 1.82. The molecule has 0 aliphatic rings. The molecule has 0 aliphatic heterocycles. The molecular formula is C17H22ClN3O5. The lowest BCUT2D eigenvalue weighted by molar-refractivity contribution is -0.148. The van der Waals surface area contributed by atoms with Crippen LogP contribution < -0.4 is 16.0 Å². The summed E-state index contributed by atoms with van der Waals surface area (Å²) in [5.41, 5.74) is 0.466. The molecule has 142 valence electrons. The molecule has 9 heteroatoms. The molecule has 26 heavy (non-hydrogen) atoms. The van der Waals surface area contributed by atoms with E-state index < -0.39 is 24.5 Å². The normalized spacial score (nSPS) is 10.2. The van der Waals surface area contributed by atoms with E-state index in [1.165, 1.54) is 0 Å². The Hall–Kier alpha value is -2.61. The minimum absolute atomic E-state index is 0.0341. The van der Waals surface area contributed by atoms with Crippen LogP contribution in [0.3, 0.4) is 0 Å². The van der Waals surface area contributed by atoms with E-state index in [9.17, 15) is 19.2 Å². The van der Waals surface area contributed by atoms with Crippen molar-refractivity contribution >= 4 is 35.4 Å². The van der Waals surface area contributed by atoms with Crippen LogP contribution in [0.25, 0.3) is 0 Å². The Kier molecular flexibility index (Phi) is 9.14. The molecule has 8 nitrogen and oxygen atoms in total. The van der Waals surface area contributed by atoms with Crippen LogP contribution in [-0.4, -0.2) is 43.0 Å². The van der Waals surface area contributed by atoms with Crippen molar-refractivity contribution in [3.8, 4) is 0 Å². The van der Waals surface area contributed by atoms with Crippen LogP contribution in [0, 0.1) is 0 Å². The van der Waals surface area contributed by atoms with Crippen LogP contribution in [0.1, 0.15) is 37.0 Å². The number of imide groups is 1. The number of benzene rings is 1. The molecule has 0 atom stereocenters. The standard InChI is InChI=1S/C17H22ClN3O5/c1-11(2)20-17(25)21-14(22)10-26-15(23)4-3-9-19-16(24)12-5-7-13(18)8-6-12/h5-8,11H,3-4,9-10H2,1-2H3,(H,19,24)(H2,20,21,22,25). The van der Waals surface area contributed by atoms with Crippen molar-refractivity contribution in [2.45, 2.75) is 32.7 Å². The van der Waals surface area contributed by atoms with Gasteiger partial charge in [0.25, 0.3) is 11.8 Å². The first-order chi connectivity index (χ1) is 12.3. The Labute approximate surface area is 156 Å². The van der Waals surface area contributed by atoms with Crippen molar-refractivity contribution < 1.29 is 23.9 Å². The maximum Gasteiger partial charge on any atom is 0.321 e. The molecule has 4 amide bonds. The van der Waals surface area contributed by atoms with Gasteiger partial charge >= 0.3 is 12.0 Å². The number of urea groups is 1. The maximum atomic E-state index is 11.8. The third-order valence-corrected chi connectivity index (χ3v) is 3.24. The second-order valence-corrected chi connectivity index (χ2v) is 6.14. The van der Waals surface area contributed by atoms with E-state index in [0.717, 1.165) is 0 Å². The zero-order valence-corrected chi connectivity index (χ0v) is 15.4. The molecule has 3 N–H and O–H groups in total. The zero-order valence-electron chi connectivity index (χ0n) is 14.6. The summed E-state index contributed by atoms with van der Waals surface area (Å²) in [6.07, 6.45) is 0.389. The van der Waals surface area contributed by atoms with Crippen LogP contribution in [0.4, 0.5) is 4.79 Å². The predicted octanol–water partition coefficient (Wildman–Crippen LogP) is 1.63. The number of nitrogens with one attached hydrogen (secondary N) is 3. The van der Waals surface area contributed by atoms with E-state index in [-0.39, 0.29) is 24.9 Å². The van der Waals surface area contributed by atoms with Gasteiger partial charge in [-0.25, -0.2) is 4.79 Å². The van der Waals surface area contributed by atoms with Gasteiger partial charge in [-0.1, -0.05) is 11.6 Å². The quantitative estimate of drug-likeness (QED) is 0.466. The Morgan fingerprint density at radius 3 is 2.38 bits per heavy atom. The van der Waals surface area contributed by atoms with Crippen LogP contribution >= 0.6 is 11.6 Å². The van der Waals surface area contributed by atoms with E-state index in [1.54, 1.807) is 38.1 Å². The molecule has 0 saturated heterocycles. The van der Waals surface area contributed by atoms with E-state index in [4.69, 9.17) is 16.3 Å². The van der Waals surface area contributed by atoms with E-state index in [1.807, 2.05) is 5.32 Å². The van der Waals surface area contributed by atoms with Gasteiger partial charge in [-0.3, -0.25) is 19.7 Å². The zero-order chi connectivity index (χ0) is 19.5. The highest BCUT2D eigenvalue weighted by Crippen LogP contribution is 2.09. The highest BCUT2D eigenvalue weighted by Gasteiger charge is 2.11. The number of hydrogen-bond acceptors (Lipinski definition) is 5. The Bertz CT molecular complexity index is 646. The van der Waals surface area contributed by atoms with E-state index in [2.05, 4.69) is 10.6 Å². The number of hydrogen-bond donors (Lipinski definition) is 3. The lowest BCUT2D eigenvalue weighted by Crippen LogP contribution is -2.44. The van der Waals surface area contributed by atoms with E-state index in [0.29, 0.717) is 17.0 Å². The smallest absolute Gasteiger partial charge is 0.321 e. The highest BCUT2D eigenvalue weighted by molar-refractivity contribution is 6.30. The number of amides is 4. The molecule has 1 rings (SSSR count). The molecule has 0 aromatic heterocycles. The molecular weight excluding hydrogens is 362 g/mol. The van der Waals surface area contributed by atoms with Crippen LogP contribution in [0.15, 0.2) is 24.3 Å². The van der Waals surface area contributed by atoms with Crippen molar-refractivity contribution in [1.82, 2.24) is 16.0 Å².